The van der Waals surface area contributed by atoms with Gasteiger partial charge in [-0.15, -0.1) is 0 Å². The molecule has 1 aromatic rings. The van der Waals surface area contributed by atoms with Crippen molar-refractivity contribution in [2.75, 3.05) is 33.0 Å². The minimum atomic E-state index is -0.318. The average molecular weight is 384 g/mol. The van der Waals surface area contributed by atoms with Crippen LogP contribution in [0.4, 0.5) is 0 Å². The molecule has 1 saturated carbocycles. The summed E-state index contributed by atoms with van der Waals surface area (Å²) >= 11 is 0. The minimum Gasteiger partial charge on any atom is -0.454 e. The van der Waals surface area contributed by atoms with Gasteiger partial charge in [-0.3, -0.25) is 9.59 Å². The van der Waals surface area contributed by atoms with Crippen molar-refractivity contribution in [2.45, 2.75) is 44.9 Å². The Morgan fingerprint density at radius 3 is 2.86 bits per heavy atom. The van der Waals surface area contributed by atoms with E-state index in [1.807, 2.05) is 23.1 Å². The van der Waals surface area contributed by atoms with Gasteiger partial charge in [-0.1, -0.05) is 6.07 Å². The van der Waals surface area contributed by atoms with Gasteiger partial charge in [0.15, 0.2) is 11.5 Å². The highest BCUT2D eigenvalue weighted by Gasteiger charge is 2.49. The molecule has 0 N–H and O–H groups in total. The number of fused-ring (bicyclic) bond motifs is 1. The van der Waals surface area contributed by atoms with Crippen LogP contribution in [0.3, 0.4) is 0 Å². The molecular formula is C22H28N2O4. The molecule has 0 radical (unpaired) electrons. The smallest absolute Gasteiger partial charge is 0.231 e. The lowest BCUT2D eigenvalue weighted by Crippen LogP contribution is -2.50. The number of piperidine rings is 1. The van der Waals surface area contributed by atoms with E-state index in [9.17, 15) is 9.59 Å². The van der Waals surface area contributed by atoms with E-state index in [4.69, 9.17) is 9.47 Å². The number of hydrogen-bond donors (Lipinski definition) is 0. The summed E-state index contributed by atoms with van der Waals surface area (Å²) in [5, 5.41) is 0. The highest BCUT2D eigenvalue weighted by Crippen LogP contribution is 2.42. The first-order valence-corrected chi connectivity index (χ1v) is 10.6. The molecule has 28 heavy (non-hydrogen) atoms. The molecular weight excluding hydrogens is 356 g/mol. The molecule has 4 aliphatic rings. The fourth-order valence-electron chi connectivity index (χ4n) is 4.91. The van der Waals surface area contributed by atoms with E-state index in [2.05, 4.69) is 4.90 Å². The van der Waals surface area contributed by atoms with Crippen molar-refractivity contribution in [2.24, 2.45) is 11.3 Å². The van der Waals surface area contributed by atoms with E-state index in [-0.39, 0.29) is 18.1 Å². The van der Waals surface area contributed by atoms with Crippen LogP contribution in [0.15, 0.2) is 18.2 Å². The van der Waals surface area contributed by atoms with Crippen LogP contribution in [-0.2, 0) is 16.0 Å². The molecule has 0 aromatic heterocycles. The number of carbonyl (C=O) groups excluding carboxylic acids is 2. The quantitative estimate of drug-likeness (QED) is 0.783. The summed E-state index contributed by atoms with van der Waals surface area (Å²) in [7, 11) is 0. The van der Waals surface area contributed by atoms with Crippen LogP contribution in [0, 0.1) is 11.3 Å². The van der Waals surface area contributed by atoms with Crippen LogP contribution in [0.25, 0.3) is 0 Å². The summed E-state index contributed by atoms with van der Waals surface area (Å²) in [5.74, 6) is 2.70. The molecule has 2 amide bonds. The van der Waals surface area contributed by atoms with E-state index in [0.29, 0.717) is 31.8 Å². The fraction of sp³-hybridized carbons (Fsp3) is 0.636. The largest absolute Gasteiger partial charge is 0.454 e. The summed E-state index contributed by atoms with van der Waals surface area (Å²) in [5.41, 5.74) is 0.762. The molecule has 3 fully saturated rings. The summed E-state index contributed by atoms with van der Waals surface area (Å²) < 4.78 is 10.8. The zero-order valence-corrected chi connectivity index (χ0v) is 16.3. The number of amides is 2. The third-order valence-electron chi connectivity index (χ3n) is 6.77. The normalized spacial score (nSPS) is 26.4. The van der Waals surface area contributed by atoms with Gasteiger partial charge in [0, 0.05) is 32.6 Å². The zero-order chi connectivity index (χ0) is 19.1. The Balaban J connectivity index is 1.18. The molecule has 1 spiro atoms. The molecule has 2 saturated heterocycles. The van der Waals surface area contributed by atoms with E-state index in [1.165, 1.54) is 12.8 Å². The maximum Gasteiger partial charge on any atom is 0.231 e. The molecule has 6 heteroatoms. The monoisotopic (exact) mass is 384 g/mol. The Morgan fingerprint density at radius 1 is 1.14 bits per heavy atom. The Kier molecular flexibility index (Phi) is 4.44. The zero-order valence-electron chi connectivity index (χ0n) is 16.3. The lowest BCUT2D eigenvalue weighted by Gasteiger charge is -2.39. The second-order valence-electron chi connectivity index (χ2n) is 8.83. The van der Waals surface area contributed by atoms with Gasteiger partial charge in [-0.25, -0.2) is 0 Å². The van der Waals surface area contributed by atoms with Crippen LogP contribution in [0.1, 0.15) is 44.1 Å². The van der Waals surface area contributed by atoms with Crippen molar-refractivity contribution in [3.63, 3.8) is 0 Å². The Labute approximate surface area is 165 Å². The van der Waals surface area contributed by atoms with Gasteiger partial charge < -0.3 is 19.3 Å². The molecule has 1 atom stereocenters. The first kappa shape index (κ1) is 17.8. The van der Waals surface area contributed by atoms with Gasteiger partial charge in [-0.05, 0) is 62.1 Å². The van der Waals surface area contributed by atoms with E-state index >= 15 is 0 Å². The fourth-order valence-corrected chi connectivity index (χ4v) is 4.91. The van der Waals surface area contributed by atoms with Crippen LogP contribution in [0.2, 0.25) is 0 Å². The minimum absolute atomic E-state index is 0.154. The number of carbonyl (C=O) groups is 2. The van der Waals surface area contributed by atoms with Crippen LogP contribution in [0.5, 0.6) is 11.5 Å². The first-order valence-electron chi connectivity index (χ1n) is 10.6. The van der Waals surface area contributed by atoms with Gasteiger partial charge in [0.2, 0.25) is 18.6 Å². The Morgan fingerprint density at radius 2 is 2.00 bits per heavy atom. The predicted molar refractivity (Wildman–Crippen MR) is 103 cm³/mol. The van der Waals surface area contributed by atoms with Gasteiger partial charge in [0.25, 0.3) is 0 Å². The molecule has 3 aliphatic heterocycles. The first-order chi connectivity index (χ1) is 13.6. The van der Waals surface area contributed by atoms with Crippen molar-refractivity contribution < 1.29 is 19.1 Å². The maximum atomic E-state index is 13.1. The van der Waals surface area contributed by atoms with Crippen LogP contribution >= 0.6 is 0 Å². The molecule has 1 aromatic carbocycles. The highest BCUT2D eigenvalue weighted by molar-refractivity contribution is 5.86. The second kappa shape index (κ2) is 6.98. The van der Waals surface area contributed by atoms with Crippen molar-refractivity contribution in [1.82, 2.24) is 9.80 Å². The SMILES string of the molecule is O=C(CCc1ccc2c(c1)OCO2)N1CC[C@@]2(CCCN(CC3CC3)C2=O)C1. The van der Waals surface area contributed by atoms with Crippen molar-refractivity contribution >= 4 is 11.8 Å². The van der Waals surface area contributed by atoms with Gasteiger partial charge >= 0.3 is 0 Å². The highest BCUT2D eigenvalue weighted by atomic mass is 16.7. The predicted octanol–water partition coefficient (Wildman–Crippen LogP) is 2.60. The lowest BCUT2D eigenvalue weighted by atomic mass is 9.78. The number of benzene rings is 1. The van der Waals surface area contributed by atoms with E-state index in [1.54, 1.807) is 0 Å². The third-order valence-corrected chi connectivity index (χ3v) is 6.77. The molecule has 0 bridgehead atoms. The second-order valence-corrected chi connectivity index (χ2v) is 8.83. The van der Waals surface area contributed by atoms with Crippen LogP contribution < -0.4 is 9.47 Å². The number of rotatable bonds is 5. The van der Waals surface area contributed by atoms with Crippen LogP contribution in [-0.4, -0.2) is 54.6 Å². The number of likely N-dealkylation sites (tertiary alicyclic amines) is 2. The van der Waals surface area contributed by atoms with Gasteiger partial charge in [-0.2, -0.15) is 0 Å². The Hall–Kier alpha value is -2.24. The summed E-state index contributed by atoms with van der Waals surface area (Å²) in [6.07, 6.45) is 6.50. The van der Waals surface area contributed by atoms with Crippen molar-refractivity contribution in [3.05, 3.63) is 23.8 Å². The lowest BCUT2D eigenvalue weighted by molar-refractivity contribution is -0.146. The molecule has 6 nitrogen and oxygen atoms in total. The summed E-state index contributed by atoms with van der Waals surface area (Å²) in [4.78, 5) is 29.9. The van der Waals surface area contributed by atoms with Crippen molar-refractivity contribution in [1.29, 1.82) is 0 Å². The standard InChI is InChI=1S/C22H28N2O4/c25-20(7-5-16-4-6-18-19(12-16)28-15-27-18)24-11-9-22(14-24)8-1-10-23(21(22)26)13-17-2-3-17/h4,6,12,17H,1-3,5,7-11,13-15H2/t22-/m0/s1. The molecule has 0 unspecified atom stereocenters. The van der Waals surface area contributed by atoms with Crippen molar-refractivity contribution in [3.8, 4) is 11.5 Å². The summed E-state index contributed by atoms with van der Waals surface area (Å²) in [6.45, 7) is 3.41. The van der Waals surface area contributed by atoms with Gasteiger partial charge in [0.05, 0.1) is 5.41 Å². The number of nitrogens with zero attached hydrogens (tertiary/aromatic N) is 2. The molecule has 5 rings (SSSR count). The molecule has 150 valence electrons. The Bertz CT molecular complexity index is 791. The summed E-state index contributed by atoms with van der Waals surface area (Å²) in [6, 6.07) is 5.86. The number of hydrogen-bond acceptors (Lipinski definition) is 4. The van der Waals surface area contributed by atoms with E-state index < -0.39 is 0 Å². The molecule has 1 aliphatic carbocycles. The number of ether oxygens (including phenoxy) is 2. The number of aryl methyl sites for hydroxylation is 1. The average Bonchev–Trinajstić information content (AvgIpc) is 3.23. The van der Waals surface area contributed by atoms with Gasteiger partial charge in [0.1, 0.15) is 0 Å². The topological polar surface area (TPSA) is 59.1 Å². The maximum absolute atomic E-state index is 13.1. The van der Waals surface area contributed by atoms with E-state index in [0.717, 1.165) is 55.3 Å². The molecule has 3 heterocycles. The third kappa shape index (κ3) is 3.33.